The zero-order valence-corrected chi connectivity index (χ0v) is 8.97. The Morgan fingerprint density at radius 3 is 2.56 bits per heavy atom. The molecule has 0 atom stereocenters. The van der Waals surface area contributed by atoms with Gasteiger partial charge in [0.2, 0.25) is 0 Å². The van der Waals surface area contributed by atoms with Crippen LogP contribution in [-0.4, -0.2) is 21.3 Å². The van der Waals surface area contributed by atoms with Crippen LogP contribution in [0.15, 0.2) is 24.3 Å². The normalized spacial score (nSPS) is 10.8. The second-order valence-corrected chi connectivity index (χ2v) is 3.40. The molecule has 0 bridgehead atoms. The van der Waals surface area contributed by atoms with Crippen LogP contribution in [0.3, 0.4) is 0 Å². The van der Waals surface area contributed by atoms with Crippen molar-refractivity contribution >= 4 is 5.97 Å². The summed E-state index contributed by atoms with van der Waals surface area (Å²) < 4.78 is 0. The maximum Gasteiger partial charge on any atom is 0.339 e. The van der Waals surface area contributed by atoms with Crippen molar-refractivity contribution in [1.29, 1.82) is 0 Å². The van der Waals surface area contributed by atoms with Gasteiger partial charge in [-0.1, -0.05) is 19.1 Å². The minimum Gasteiger partial charge on any atom is -0.504 e. The number of carboxylic acid groups (broad SMARTS) is 1. The van der Waals surface area contributed by atoms with E-state index in [1.807, 2.05) is 19.1 Å². The highest BCUT2D eigenvalue weighted by Gasteiger charge is 2.14. The van der Waals surface area contributed by atoms with Crippen LogP contribution in [0, 0.1) is 0 Å². The van der Waals surface area contributed by atoms with Crippen molar-refractivity contribution in [3.63, 3.8) is 0 Å². The number of hydrogen-bond acceptors (Lipinski definition) is 3. The van der Waals surface area contributed by atoms with E-state index < -0.39 is 17.5 Å². The van der Waals surface area contributed by atoms with Crippen molar-refractivity contribution < 1.29 is 20.1 Å². The van der Waals surface area contributed by atoms with Gasteiger partial charge in [0.15, 0.2) is 11.5 Å². The maximum absolute atomic E-state index is 10.8. The molecule has 0 radical (unpaired) electrons. The second-order valence-electron chi connectivity index (χ2n) is 3.40. The number of phenols is 2. The van der Waals surface area contributed by atoms with Crippen LogP contribution in [-0.2, 0) is 6.42 Å². The molecule has 0 saturated carbocycles. The maximum atomic E-state index is 10.8. The van der Waals surface area contributed by atoms with Crippen LogP contribution in [0.5, 0.6) is 11.5 Å². The molecule has 3 N–H and O–H groups in total. The van der Waals surface area contributed by atoms with Crippen molar-refractivity contribution in [2.24, 2.45) is 0 Å². The number of benzene rings is 1. The van der Waals surface area contributed by atoms with Gasteiger partial charge < -0.3 is 15.3 Å². The Hall–Kier alpha value is -1.97. The van der Waals surface area contributed by atoms with Crippen molar-refractivity contribution in [3.05, 3.63) is 35.4 Å². The molecule has 0 fully saturated rings. The molecule has 0 aromatic heterocycles. The van der Waals surface area contributed by atoms with Gasteiger partial charge in [-0.25, -0.2) is 4.79 Å². The first-order valence-corrected chi connectivity index (χ1v) is 4.99. The third-order valence-electron chi connectivity index (χ3n) is 2.14. The van der Waals surface area contributed by atoms with Gasteiger partial charge in [0, 0.05) is 0 Å². The van der Waals surface area contributed by atoms with Crippen molar-refractivity contribution in [1.82, 2.24) is 0 Å². The molecule has 0 saturated heterocycles. The standard InChI is InChI=1S/C12H14O4/c1-2-3-4-5-8-6-9(12(15)16)11(14)10(13)7-8/h3-4,6-7,13-14H,2,5H2,1H3,(H,15,16)/b4-3+. The molecule has 86 valence electrons. The zero-order valence-electron chi connectivity index (χ0n) is 8.97. The molecule has 1 aromatic carbocycles. The number of hydrogen-bond donors (Lipinski definition) is 3. The van der Waals surface area contributed by atoms with Gasteiger partial charge in [0.1, 0.15) is 5.56 Å². The largest absolute Gasteiger partial charge is 0.504 e. The van der Waals surface area contributed by atoms with Crippen LogP contribution in [0.25, 0.3) is 0 Å². The SMILES string of the molecule is CC/C=C/Cc1cc(O)c(O)c(C(=O)O)c1. The lowest BCUT2D eigenvalue weighted by molar-refractivity contribution is 0.0693. The van der Waals surface area contributed by atoms with E-state index in [9.17, 15) is 15.0 Å². The molecule has 16 heavy (non-hydrogen) atoms. The zero-order chi connectivity index (χ0) is 12.1. The first-order chi connectivity index (χ1) is 7.56. The highest BCUT2D eigenvalue weighted by molar-refractivity contribution is 5.92. The van der Waals surface area contributed by atoms with Gasteiger partial charge in [0.05, 0.1) is 0 Å². The molecule has 0 spiro atoms. The molecule has 0 heterocycles. The number of carboxylic acids is 1. The summed E-state index contributed by atoms with van der Waals surface area (Å²) in [6, 6.07) is 2.72. The van der Waals surface area contributed by atoms with E-state index in [1.165, 1.54) is 12.1 Å². The summed E-state index contributed by atoms with van der Waals surface area (Å²) in [6.45, 7) is 1.99. The lowest BCUT2D eigenvalue weighted by Crippen LogP contribution is -1.98. The van der Waals surface area contributed by atoms with Gasteiger partial charge >= 0.3 is 5.97 Å². The van der Waals surface area contributed by atoms with E-state index in [0.29, 0.717) is 12.0 Å². The summed E-state index contributed by atoms with van der Waals surface area (Å²) in [5, 5.41) is 27.5. The van der Waals surface area contributed by atoms with Crippen LogP contribution in [0.4, 0.5) is 0 Å². The fraction of sp³-hybridized carbons (Fsp3) is 0.250. The second kappa shape index (κ2) is 5.21. The third kappa shape index (κ3) is 2.76. The van der Waals surface area contributed by atoms with Gasteiger partial charge in [-0.2, -0.15) is 0 Å². The Labute approximate surface area is 93.5 Å². The van der Waals surface area contributed by atoms with E-state index in [1.54, 1.807) is 0 Å². The van der Waals surface area contributed by atoms with Crippen LogP contribution in [0.1, 0.15) is 29.3 Å². The van der Waals surface area contributed by atoms with E-state index in [0.717, 1.165) is 6.42 Å². The molecular formula is C12H14O4. The molecule has 0 aliphatic heterocycles. The first-order valence-electron chi connectivity index (χ1n) is 4.99. The lowest BCUT2D eigenvalue weighted by atomic mass is 10.1. The van der Waals surface area contributed by atoms with E-state index >= 15 is 0 Å². The summed E-state index contributed by atoms with van der Waals surface area (Å²) >= 11 is 0. The molecule has 0 aliphatic carbocycles. The van der Waals surface area contributed by atoms with Crippen LogP contribution < -0.4 is 0 Å². The third-order valence-corrected chi connectivity index (χ3v) is 2.14. The fourth-order valence-corrected chi connectivity index (χ4v) is 1.34. The monoisotopic (exact) mass is 222 g/mol. The average molecular weight is 222 g/mol. The number of phenolic OH excluding ortho intramolecular Hbond substituents is 1. The van der Waals surface area contributed by atoms with Gasteiger partial charge in [-0.15, -0.1) is 0 Å². The predicted octanol–water partition coefficient (Wildman–Crippen LogP) is 2.30. The Morgan fingerprint density at radius 2 is 2.00 bits per heavy atom. The number of allylic oxidation sites excluding steroid dienone is 2. The average Bonchev–Trinajstić information content (AvgIpc) is 2.23. The minimum absolute atomic E-state index is 0.278. The molecular weight excluding hydrogens is 208 g/mol. The molecule has 0 unspecified atom stereocenters. The topological polar surface area (TPSA) is 77.8 Å². The molecule has 0 amide bonds. The Bertz CT molecular complexity index is 421. The number of aromatic hydroxyl groups is 2. The molecule has 0 aliphatic rings. The van der Waals surface area contributed by atoms with Gasteiger partial charge in [-0.05, 0) is 30.5 Å². The minimum atomic E-state index is -1.26. The van der Waals surface area contributed by atoms with Crippen molar-refractivity contribution in [2.45, 2.75) is 19.8 Å². The lowest BCUT2D eigenvalue weighted by Gasteiger charge is -2.05. The smallest absolute Gasteiger partial charge is 0.339 e. The summed E-state index contributed by atoms with van der Waals surface area (Å²) in [4.78, 5) is 10.8. The van der Waals surface area contributed by atoms with Crippen molar-refractivity contribution in [2.75, 3.05) is 0 Å². The fourth-order valence-electron chi connectivity index (χ4n) is 1.34. The summed E-state index contributed by atoms with van der Waals surface area (Å²) in [6.07, 6.45) is 5.26. The molecule has 4 heteroatoms. The summed E-state index contributed by atoms with van der Waals surface area (Å²) in [7, 11) is 0. The highest BCUT2D eigenvalue weighted by Crippen LogP contribution is 2.30. The molecule has 4 nitrogen and oxygen atoms in total. The number of rotatable bonds is 4. The Balaban J connectivity index is 3.04. The van der Waals surface area contributed by atoms with Crippen LogP contribution in [0.2, 0.25) is 0 Å². The quantitative estimate of drug-likeness (QED) is 0.539. The summed E-state index contributed by atoms with van der Waals surface area (Å²) in [5.74, 6) is -2.25. The van der Waals surface area contributed by atoms with Crippen molar-refractivity contribution in [3.8, 4) is 11.5 Å². The Morgan fingerprint density at radius 1 is 1.31 bits per heavy atom. The Kier molecular flexibility index (Phi) is 3.94. The number of aromatic carboxylic acids is 1. The van der Waals surface area contributed by atoms with E-state index in [2.05, 4.69) is 0 Å². The predicted molar refractivity (Wildman–Crippen MR) is 59.9 cm³/mol. The van der Waals surface area contributed by atoms with E-state index in [4.69, 9.17) is 5.11 Å². The van der Waals surface area contributed by atoms with Gasteiger partial charge in [0.25, 0.3) is 0 Å². The summed E-state index contributed by atoms with van der Waals surface area (Å²) in [5.41, 5.74) is 0.372. The van der Waals surface area contributed by atoms with E-state index in [-0.39, 0.29) is 5.56 Å². The van der Waals surface area contributed by atoms with Crippen LogP contribution >= 0.6 is 0 Å². The molecule has 1 rings (SSSR count). The first kappa shape index (κ1) is 12.1. The number of carbonyl (C=O) groups is 1. The molecule has 1 aromatic rings. The highest BCUT2D eigenvalue weighted by atomic mass is 16.4. The van der Waals surface area contributed by atoms with Gasteiger partial charge in [-0.3, -0.25) is 0 Å².